The zero-order chi connectivity index (χ0) is 22.9. The average molecular weight is 448 g/mol. The molecule has 0 radical (unpaired) electrons. The zero-order valence-electron chi connectivity index (χ0n) is 19.8. The Bertz CT molecular complexity index is 883. The van der Waals surface area contributed by atoms with E-state index in [1.54, 1.807) is 0 Å². The van der Waals surface area contributed by atoms with Gasteiger partial charge in [-0.25, -0.2) is 0 Å². The number of ketones is 1. The van der Waals surface area contributed by atoms with Crippen molar-refractivity contribution in [1.82, 2.24) is 14.7 Å². The number of piperidine rings is 1. The summed E-state index contributed by atoms with van der Waals surface area (Å²) in [5.41, 5.74) is 2.91. The van der Waals surface area contributed by atoms with Gasteiger partial charge >= 0.3 is 0 Å². The standard InChI is InChI=1S/C28H37N3O2/c32-27(26-12-10-25(11-13-26)24-8-3-1-4-9-24)14-15-28(33)31-22-20-30(21-23-31)19-7-18-29-16-5-2-6-17-29/h1,3-4,8-13H,2,5-7,14-23H2. The lowest BCUT2D eigenvalue weighted by Gasteiger charge is -2.35. The maximum atomic E-state index is 12.6. The van der Waals surface area contributed by atoms with Gasteiger partial charge in [-0.15, -0.1) is 0 Å². The largest absolute Gasteiger partial charge is 0.340 e. The first-order valence-corrected chi connectivity index (χ1v) is 12.6. The molecule has 5 nitrogen and oxygen atoms in total. The summed E-state index contributed by atoms with van der Waals surface area (Å²) in [5, 5.41) is 0. The summed E-state index contributed by atoms with van der Waals surface area (Å²) >= 11 is 0. The monoisotopic (exact) mass is 447 g/mol. The Balaban J connectivity index is 1.14. The van der Waals surface area contributed by atoms with Gasteiger partial charge < -0.3 is 9.80 Å². The van der Waals surface area contributed by atoms with Crippen LogP contribution in [-0.2, 0) is 4.79 Å². The van der Waals surface area contributed by atoms with E-state index < -0.39 is 0 Å². The van der Waals surface area contributed by atoms with Crippen LogP contribution in [0.2, 0.25) is 0 Å². The number of carbonyl (C=O) groups is 2. The number of rotatable bonds is 9. The Morgan fingerprint density at radius 2 is 1.24 bits per heavy atom. The second kappa shape index (κ2) is 12.1. The molecule has 0 N–H and O–H groups in total. The molecule has 176 valence electrons. The van der Waals surface area contributed by atoms with Gasteiger partial charge in [0.15, 0.2) is 5.78 Å². The topological polar surface area (TPSA) is 43.9 Å². The zero-order valence-corrected chi connectivity index (χ0v) is 19.8. The summed E-state index contributed by atoms with van der Waals surface area (Å²) in [4.78, 5) is 32.3. The molecule has 0 aliphatic carbocycles. The lowest BCUT2D eigenvalue weighted by molar-refractivity contribution is -0.132. The summed E-state index contributed by atoms with van der Waals surface area (Å²) in [7, 11) is 0. The van der Waals surface area contributed by atoms with Gasteiger partial charge in [-0.2, -0.15) is 0 Å². The molecule has 1 amide bonds. The van der Waals surface area contributed by atoms with E-state index in [0.717, 1.165) is 43.9 Å². The van der Waals surface area contributed by atoms with E-state index in [-0.39, 0.29) is 18.1 Å². The molecule has 2 aromatic carbocycles. The number of hydrogen-bond acceptors (Lipinski definition) is 4. The molecule has 0 atom stereocenters. The van der Waals surface area contributed by atoms with E-state index in [1.807, 2.05) is 47.4 Å². The van der Waals surface area contributed by atoms with Crippen molar-refractivity contribution in [2.45, 2.75) is 38.5 Å². The number of nitrogens with zero attached hydrogens (tertiary/aromatic N) is 3. The lowest BCUT2D eigenvalue weighted by atomic mass is 10.0. The van der Waals surface area contributed by atoms with Crippen molar-refractivity contribution in [1.29, 1.82) is 0 Å². The van der Waals surface area contributed by atoms with Crippen LogP contribution in [0.1, 0.15) is 48.9 Å². The van der Waals surface area contributed by atoms with Crippen molar-refractivity contribution in [2.24, 2.45) is 0 Å². The highest BCUT2D eigenvalue weighted by molar-refractivity contribution is 5.98. The van der Waals surface area contributed by atoms with E-state index in [4.69, 9.17) is 0 Å². The highest BCUT2D eigenvalue weighted by atomic mass is 16.2. The molecule has 0 spiro atoms. The second-order valence-corrected chi connectivity index (χ2v) is 9.34. The molecule has 2 aromatic rings. The highest BCUT2D eigenvalue weighted by Crippen LogP contribution is 2.20. The van der Waals surface area contributed by atoms with Gasteiger partial charge in [0.2, 0.25) is 5.91 Å². The van der Waals surface area contributed by atoms with Gasteiger partial charge in [0.25, 0.3) is 0 Å². The molecule has 4 rings (SSSR count). The molecule has 33 heavy (non-hydrogen) atoms. The summed E-state index contributed by atoms with van der Waals surface area (Å²) in [6.07, 6.45) is 5.88. The first-order valence-electron chi connectivity index (χ1n) is 12.6. The number of likely N-dealkylation sites (tertiary alicyclic amines) is 1. The first kappa shape index (κ1) is 23.7. The predicted octanol–water partition coefficient (Wildman–Crippen LogP) is 4.34. The minimum absolute atomic E-state index is 0.0410. The van der Waals surface area contributed by atoms with E-state index >= 15 is 0 Å². The van der Waals surface area contributed by atoms with Crippen LogP contribution in [0, 0.1) is 0 Å². The molecule has 5 heteroatoms. The van der Waals surface area contributed by atoms with E-state index in [1.165, 1.54) is 45.3 Å². The first-order chi connectivity index (χ1) is 16.2. The maximum absolute atomic E-state index is 12.6. The molecular formula is C28H37N3O2. The van der Waals surface area contributed by atoms with Crippen molar-refractivity contribution in [2.75, 3.05) is 52.4 Å². The number of carbonyl (C=O) groups excluding carboxylic acids is 2. The molecule has 0 aromatic heterocycles. The van der Waals surface area contributed by atoms with Crippen molar-refractivity contribution in [3.63, 3.8) is 0 Å². The third kappa shape index (κ3) is 6.99. The average Bonchev–Trinajstić information content (AvgIpc) is 2.89. The van der Waals surface area contributed by atoms with Crippen molar-refractivity contribution < 1.29 is 9.59 Å². The molecule has 2 aliphatic rings. The van der Waals surface area contributed by atoms with Gasteiger partial charge in [-0.1, -0.05) is 61.0 Å². The van der Waals surface area contributed by atoms with Gasteiger partial charge in [0.05, 0.1) is 0 Å². The van der Waals surface area contributed by atoms with Crippen LogP contribution < -0.4 is 0 Å². The number of hydrogen-bond donors (Lipinski definition) is 0. The Kier molecular flexibility index (Phi) is 8.67. The Morgan fingerprint density at radius 1 is 0.636 bits per heavy atom. The summed E-state index contributed by atoms with van der Waals surface area (Å²) in [5.74, 6) is 0.150. The Morgan fingerprint density at radius 3 is 1.91 bits per heavy atom. The second-order valence-electron chi connectivity index (χ2n) is 9.34. The van der Waals surface area contributed by atoms with Gasteiger partial charge in [-0.3, -0.25) is 14.5 Å². The molecule has 0 bridgehead atoms. The molecule has 0 unspecified atom stereocenters. The number of piperazine rings is 1. The fourth-order valence-corrected chi connectivity index (χ4v) is 4.92. The molecular weight excluding hydrogens is 410 g/mol. The van der Waals surface area contributed by atoms with Crippen LogP contribution in [0.5, 0.6) is 0 Å². The van der Waals surface area contributed by atoms with E-state index in [9.17, 15) is 9.59 Å². The summed E-state index contributed by atoms with van der Waals surface area (Å²) in [6.45, 7) is 8.30. The van der Waals surface area contributed by atoms with Crippen molar-refractivity contribution >= 4 is 11.7 Å². The van der Waals surface area contributed by atoms with Gasteiger partial charge in [-0.05, 0) is 56.6 Å². The number of benzene rings is 2. The normalized spacial score (nSPS) is 17.8. The van der Waals surface area contributed by atoms with Crippen LogP contribution in [0.15, 0.2) is 54.6 Å². The van der Waals surface area contributed by atoms with Crippen LogP contribution in [-0.4, -0.2) is 78.7 Å². The van der Waals surface area contributed by atoms with Crippen LogP contribution in [0.4, 0.5) is 0 Å². The summed E-state index contributed by atoms with van der Waals surface area (Å²) < 4.78 is 0. The minimum Gasteiger partial charge on any atom is -0.340 e. The van der Waals surface area contributed by atoms with Gasteiger partial charge in [0.1, 0.15) is 0 Å². The highest BCUT2D eigenvalue weighted by Gasteiger charge is 2.22. The van der Waals surface area contributed by atoms with Gasteiger partial charge in [0, 0.05) is 44.6 Å². The van der Waals surface area contributed by atoms with E-state index in [0.29, 0.717) is 12.0 Å². The van der Waals surface area contributed by atoms with Crippen LogP contribution in [0.3, 0.4) is 0 Å². The molecule has 2 aliphatic heterocycles. The smallest absolute Gasteiger partial charge is 0.223 e. The number of Topliss-reactive ketones (excluding diaryl/α,β-unsaturated/α-hetero) is 1. The molecule has 0 saturated carbocycles. The van der Waals surface area contributed by atoms with Crippen LogP contribution >= 0.6 is 0 Å². The fraction of sp³-hybridized carbons (Fsp3) is 0.500. The minimum atomic E-state index is 0.0410. The summed E-state index contributed by atoms with van der Waals surface area (Å²) in [6, 6.07) is 17.8. The molecule has 2 fully saturated rings. The fourth-order valence-electron chi connectivity index (χ4n) is 4.92. The van der Waals surface area contributed by atoms with Crippen LogP contribution in [0.25, 0.3) is 11.1 Å². The molecule has 2 heterocycles. The lowest BCUT2D eigenvalue weighted by Crippen LogP contribution is -2.49. The van der Waals surface area contributed by atoms with Crippen molar-refractivity contribution in [3.05, 3.63) is 60.2 Å². The third-order valence-corrected chi connectivity index (χ3v) is 7.00. The quantitative estimate of drug-likeness (QED) is 0.537. The predicted molar refractivity (Wildman–Crippen MR) is 133 cm³/mol. The van der Waals surface area contributed by atoms with Crippen molar-refractivity contribution in [3.8, 4) is 11.1 Å². The Hall–Kier alpha value is -2.50. The maximum Gasteiger partial charge on any atom is 0.223 e. The number of amides is 1. The Labute approximate surface area is 198 Å². The molecule has 2 saturated heterocycles. The SMILES string of the molecule is O=C(CCC(=O)N1CCN(CCCN2CCCCC2)CC1)c1ccc(-c2ccccc2)cc1. The van der Waals surface area contributed by atoms with E-state index in [2.05, 4.69) is 21.9 Å². The third-order valence-electron chi connectivity index (χ3n) is 7.00.